The Labute approximate surface area is 202 Å². The number of pyridine rings is 1. The topological polar surface area (TPSA) is 130 Å². The standard InChI is InChI=1S/C24H28N10O/c1-14-10-20(32-31-14)28-21-18-13-26-33(2)22(18)30-24(29-21)27-15-11-16-6-5-7-17(12-15)34(16)23(35)19-8-3-4-9-25-19/h3-4,8-10,13,15-17H,5-7,11-12H2,1-2H3,(H3,27,28,29,30,31,32)/t15?,16-,17+. The summed E-state index contributed by atoms with van der Waals surface area (Å²) >= 11 is 0. The van der Waals surface area contributed by atoms with Crippen molar-refractivity contribution in [1.82, 2.24) is 39.8 Å². The van der Waals surface area contributed by atoms with Crippen molar-refractivity contribution < 1.29 is 4.79 Å². The first kappa shape index (κ1) is 21.5. The Balaban J connectivity index is 1.24. The van der Waals surface area contributed by atoms with Crippen molar-refractivity contribution in [2.75, 3.05) is 10.6 Å². The number of nitrogens with one attached hydrogen (secondary N) is 3. The van der Waals surface area contributed by atoms with E-state index in [1.165, 1.54) is 0 Å². The number of carbonyl (C=O) groups excluding carboxylic acids is 1. The van der Waals surface area contributed by atoms with Crippen LogP contribution in [0, 0.1) is 6.92 Å². The van der Waals surface area contributed by atoms with Gasteiger partial charge in [-0.05, 0) is 51.2 Å². The zero-order valence-corrected chi connectivity index (χ0v) is 19.8. The van der Waals surface area contributed by atoms with Crippen LogP contribution >= 0.6 is 0 Å². The predicted octanol–water partition coefficient (Wildman–Crippen LogP) is 3.17. The third-order valence-electron chi connectivity index (χ3n) is 6.97. The summed E-state index contributed by atoms with van der Waals surface area (Å²) < 4.78 is 1.74. The van der Waals surface area contributed by atoms with Gasteiger partial charge in [-0.15, -0.1) is 0 Å². The minimum atomic E-state index is 0.0343. The number of hydrogen-bond acceptors (Lipinski definition) is 8. The number of carbonyl (C=O) groups is 1. The lowest BCUT2D eigenvalue weighted by Gasteiger charge is -2.48. The van der Waals surface area contributed by atoms with Crippen molar-refractivity contribution in [2.45, 2.75) is 57.2 Å². The summed E-state index contributed by atoms with van der Waals surface area (Å²) in [5.74, 6) is 1.92. The van der Waals surface area contributed by atoms with Crippen molar-refractivity contribution in [3.63, 3.8) is 0 Å². The molecule has 2 aliphatic heterocycles. The molecule has 6 rings (SSSR count). The van der Waals surface area contributed by atoms with E-state index in [1.807, 2.05) is 32.2 Å². The minimum Gasteiger partial charge on any atom is -0.351 e. The molecule has 11 heteroatoms. The Kier molecular flexibility index (Phi) is 5.31. The van der Waals surface area contributed by atoms with E-state index < -0.39 is 0 Å². The molecule has 4 aromatic heterocycles. The third-order valence-corrected chi connectivity index (χ3v) is 6.97. The van der Waals surface area contributed by atoms with Crippen LogP contribution in [0.5, 0.6) is 0 Å². The molecule has 0 saturated carbocycles. The number of amides is 1. The summed E-state index contributed by atoms with van der Waals surface area (Å²) in [5, 5.41) is 19.3. The molecular formula is C24H28N10O. The van der Waals surface area contributed by atoms with Crippen LogP contribution in [0.4, 0.5) is 17.6 Å². The Morgan fingerprint density at radius 1 is 1.17 bits per heavy atom. The molecule has 11 nitrogen and oxygen atoms in total. The summed E-state index contributed by atoms with van der Waals surface area (Å²) in [7, 11) is 1.87. The first-order valence-electron chi connectivity index (χ1n) is 12.0. The average Bonchev–Trinajstić information content (AvgIpc) is 3.44. The van der Waals surface area contributed by atoms with Crippen LogP contribution in [-0.4, -0.2) is 63.9 Å². The Bertz CT molecular complexity index is 1350. The number of fused-ring (bicyclic) bond motifs is 3. The van der Waals surface area contributed by atoms with E-state index in [4.69, 9.17) is 9.97 Å². The summed E-state index contributed by atoms with van der Waals surface area (Å²) in [6.45, 7) is 1.95. The molecule has 3 atom stereocenters. The Morgan fingerprint density at radius 2 is 2.00 bits per heavy atom. The smallest absolute Gasteiger partial charge is 0.272 e. The molecule has 2 aliphatic rings. The van der Waals surface area contributed by atoms with Gasteiger partial charge >= 0.3 is 0 Å². The SMILES string of the molecule is Cc1cc(Nc2nc(NC3C[C@H]4CCC[C@@H](C3)N4C(=O)c3ccccn3)nc3c2cnn3C)n[nH]1. The summed E-state index contributed by atoms with van der Waals surface area (Å²) in [5.41, 5.74) is 2.21. The molecular weight excluding hydrogens is 444 g/mol. The number of piperidine rings is 2. The summed E-state index contributed by atoms with van der Waals surface area (Å²) in [4.78, 5) is 29.1. The second-order valence-corrected chi connectivity index (χ2v) is 9.44. The molecule has 35 heavy (non-hydrogen) atoms. The van der Waals surface area contributed by atoms with Gasteiger partial charge in [0.25, 0.3) is 5.91 Å². The first-order chi connectivity index (χ1) is 17.0. The Hall–Kier alpha value is -4.02. The molecule has 0 spiro atoms. The zero-order chi connectivity index (χ0) is 23.9. The number of hydrogen-bond donors (Lipinski definition) is 3. The molecule has 6 heterocycles. The lowest BCUT2D eigenvalue weighted by Crippen LogP contribution is -2.57. The monoisotopic (exact) mass is 472 g/mol. The molecule has 0 aliphatic carbocycles. The van der Waals surface area contributed by atoms with Gasteiger partial charge in [-0.2, -0.15) is 20.2 Å². The van der Waals surface area contributed by atoms with E-state index in [2.05, 4.69) is 35.8 Å². The zero-order valence-electron chi connectivity index (χ0n) is 19.8. The van der Waals surface area contributed by atoms with Gasteiger partial charge in [0.05, 0.1) is 11.6 Å². The molecule has 1 unspecified atom stereocenters. The number of aryl methyl sites for hydroxylation is 2. The van der Waals surface area contributed by atoms with Gasteiger partial charge in [-0.3, -0.25) is 19.6 Å². The van der Waals surface area contributed by atoms with Gasteiger partial charge in [-0.25, -0.2) is 0 Å². The number of aromatic amines is 1. The summed E-state index contributed by atoms with van der Waals surface area (Å²) in [6.07, 6.45) is 8.28. The van der Waals surface area contributed by atoms with Gasteiger partial charge < -0.3 is 15.5 Å². The molecule has 1 amide bonds. The average molecular weight is 473 g/mol. The highest BCUT2D eigenvalue weighted by Crippen LogP contribution is 2.36. The maximum absolute atomic E-state index is 13.2. The number of rotatable bonds is 5. The number of nitrogens with zero attached hydrogens (tertiary/aromatic N) is 7. The van der Waals surface area contributed by atoms with E-state index in [-0.39, 0.29) is 24.0 Å². The second-order valence-electron chi connectivity index (χ2n) is 9.44. The fourth-order valence-electron chi connectivity index (χ4n) is 5.42. The summed E-state index contributed by atoms with van der Waals surface area (Å²) in [6, 6.07) is 7.96. The van der Waals surface area contributed by atoms with Gasteiger partial charge in [0.2, 0.25) is 5.95 Å². The largest absolute Gasteiger partial charge is 0.351 e. The highest BCUT2D eigenvalue weighted by Gasteiger charge is 2.41. The minimum absolute atomic E-state index is 0.0343. The van der Waals surface area contributed by atoms with Crippen LogP contribution in [0.25, 0.3) is 11.0 Å². The molecule has 2 saturated heterocycles. The van der Waals surface area contributed by atoms with Crippen molar-refractivity contribution in [3.05, 3.63) is 48.0 Å². The lowest BCUT2D eigenvalue weighted by molar-refractivity contribution is 0.0253. The first-order valence-corrected chi connectivity index (χ1v) is 12.0. The van der Waals surface area contributed by atoms with E-state index in [9.17, 15) is 4.79 Å². The van der Waals surface area contributed by atoms with Crippen molar-refractivity contribution in [1.29, 1.82) is 0 Å². The molecule has 2 bridgehead atoms. The van der Waals surface area contributed by atoms with Crippen LogP contribution in [0.1, 0.15) is 48.3 Å². The van der Waals surface area contributed by atoms with Gasteiger partial charge in [-0.1, -0.05) is 6.07 Å². The van der Waals surface area contributed by atoms with Gasteiger partial charge in [0, 0.05) is 43.1 Å². The van der Waals surface area contributed by atoms with Crippen molar-refractivity contribution in [3.8, 4) is 0 Å². The van der Waals surface area contributed by atoms with Crippen LogP contribution in [0.15, 0.2) is 36.7 Å². The number of anilines is 3. The van der Waals surface area contributed by atoms with Crippen LogP contribution in [-0.2, 0) is 7.05 Å². The van der Waals surface area contributed by atoms with Crippen LogP contribution in [0.2, 0.25) is 0 Å². The van der Waals surface area contributed by atoms with E-state index in [0.29, 0.717) is 23.3 Å². The normalized spacial score (nSPS) is 21.8. The maximum Gasteiger partial charge on any atom is 0.272 e. The molecule has 0 aromatic carbocycles. The lowest BCUT2D eigenvalue weighted by atomic mass is 9.81. The second kappa shape index (κ2) is 8.64. The molecule has 3 N–H and O–H groups in total. The molecule has 2 fully saturated rings. The molecule has 0 radical (unpaired) electrons. The van der Waals surface area contributed by atoms with Gasteiger partial charge in [0.1, 0.15) is 11.5 Å². The molecule has 180 valence electrons. The highest BCUT2D eigenvalue weighted by molar-refractivity contribution is 5.93. The quantitative estimate of drug-likeness (QED) is 0.404. The van der Waals surface area contributed by atoms with E-state index >= 15 is 0 Å². The number of H-pyrrole nitrogens is 1. The van der Waals surface area contributed by atoms with Crippen LogP contribution < -0.4 is 10.6 Å². The van der Waals surface area contributed by atoms with Crippen molar-refractivity contribution in [2.24, 2.45) is 7.05 Å². The van der Waals surface area contributed by atoms with E-state index in [1.54, 1.807) is 23.1 Å². The van der Waals surface area contributed by atoms with E-state index in [0.717, 1.165) is 48.8 Å². The van der Waals surface area contributed by atoms with Crippen molar-refractivity contribution >= 4 is 34.5 Å². The highest BCUT2D eigenvalue weighted by atomic mass is 16.2. The molecule has 4 aromatic rings. The predicted molar refractivity (Wildman–Crippen MR) is 131 cm³/mol. The fourth-order valence-corrected chi connectivity index (χ4v) is 5.42. The van der Waals surface area contributed by atoms with Gasteiger partial charge in [0.15, 0.2) is 11.5 Å². The fraction of sp³-hybridized carbons (Fsp3) is 0.417. The maximum atomic E-state index is 13.2. The Morgan fingerprint density at radius 3 is 2.71 bits per heavy atom. The third kappa shape index (κ3) is 4.07. The number of aromatic nitrogens is 7. The van der Waals surface area contributed by atoms with Crippen LogP contribution in [0.3, 0.4) is 0 Å².